The van der Waals surface area contributed by atoms with Crippen molar-refractivity contribution in [1.82, 2.24) is 15.1 Å². The number of carbonyl (C=O) groups excluding carboxylic acids is 1. The van der Waals surface area contributed by atoms with Gasteiger partial charge >= 0.3 is 0 Å². The number of anilines is 1. The van der Waals surface area contributed by atoms with Crippen molar-refractivity contribution in [1.29, 1.82) is 0 Å². The molecule has 0 bridgehead atoms. The predicted molar refractivity (Wildman–Crippen MR) is 137 cm³/mol. The van der Waals surface area contributed by atoms with Gasteiger partial charge in [0, 0.05) is 56.6 Å². The van der Waals surface area contributed by atoms with E-state index in [0.717, 1.165) is 44.8 Å². The Hall–Kier alpha value is -2.37. The highest BCUT2D eigenvalue weighted by atomic mass is 16.2. The molecule has 2 aliphatic rings. The van der Waals surface area contributed by atoms with Crippen molar-refractivity contribution in [3.63, 3.8) is 0 Å². The Kier molecular flexibility index (Phi) is 8.40. The predicted octanol–water partition coefficient (Wildman–Crippen LogP) is 4.91. The molecule has 0 aromatic heterocycles. The quantitative estimate of drug-likeness (QED) is 0.603. The van der Waals surface area contributed by atoms with Crippen LogP contribution in [-0.4, -0.2) is 61.0 Å². The summed E-state index contributed by atoms with van der Waals surface area (Å²) in [7, 11) is 0. The Morgan fingerprint density at radius 1 is 1.00 bits per heavy atom. The fourth-order valence-electron chi connectivity index (χ4n) is 5.34. The number of hydrogen-bond donors (Lipinski definition) is 2. The van der Waals surface area contributed by atoms with E-state index < -0.39 is 0 Å². The molecule has 2 fully saturated rings. The Morgan fingerprint density at radius 3 is 2.36 bits per heavy atom. The lowest BCUT2D eigenvalue weighted by Gasteiger charge is -2.36. The normalized spacial score (nSPS) is 18.6. The summed E-state index contributed by atoms with van der Waals surface area (Å²) in [4.78, 5) is 17.2. The average Bonchev–Trinajstić information content (AvgIpc) is 2.87. The topological polar surface area (TPSA) is 47.6 Å². The first-order valence-corrected chi connectivity index (χ1v) is 12.9. The van der Waals surface area contributed by atoms with E-state index in [1.165, 1.54) is 48.9 Å². The van der Waals surface area contributed by atoms with Crippen LogP contribution < -0.4 is 10.6 Å². The van der Waals surface area contributed by atoms with Gasteiger partial charge in [0.2, 0.25) is 0 Å². The van der Waals surface area contributed by atoms with Crippen molar-refractivity contribution in [2.75, 3.05) is 44.6 Å². The van der Waals surface area contributed by atoms with Crippen LogP contribution in [0.3, 0.4) is 0 Å². The number of carbonyl (C=O) groups is 1. The molecule has 1 aliphatic carbocycles. The van der Waals surface area contributed by atoms with E-state index in [1.54, 1.807) is 0 Å². The average molecular weight is 449 g/mol. The highest BCUT2D eigenvalue weighted by Crippen LogP contribution is 2.32. The minimum Gasteiger partial charge on any atom is -0.382 e. The third-order valence-corrected chi connectivity index (χ3v) is 7.22. The fourth-order valence-corrected chi connectivity index (χ4v) is 5.34. The molecule has 1 heterocycles. The van der Waals surface area contributed by atoms with Crippen LogP contribution in [-0.2, 0) is 0 Å². The minimum absolute atomic E-state index is 0.115. The van der Waals surface area contributed by atoms with Crippen LogP contribution in [0.5, 0.6) is 0 Å². The summed E-state index contributed by atoms with van der Waals surface area (Å²) in [6.07, 6.45) is 6.58. The Bertz CT molecular complexity index is 881. The van der Waals surface area contributed by atoms with Crippen molar-refractivity contribution in [3.05, 3.63) is 65.2 Å². The molecular weight excluding hydrogens is 408 g/mol. The molecule has 5 nitrogen and oxygen atoms in total. The highest BCUT2D eigenvalue weighted by molar-refractivity contribution is 5.94. The zero-order valence-electron chi connectivity index (χ0n) is 20.4. The van der Waals surface area contributed by atoms with Gasteiger partial charge in [0.05, 0.1) is 6.04 Å². The monoisotopic (exact) mass is 448 g/mol. The first-order valence-electron chi connectivity index (χ1n) is 12.9. The van der Waals surface area contributed by atoms with Gasteiger partial charge in [-0.1, -0.05) is 43.5 Å². The molecule has 1 aliphatic heterocycles. The molecule has 5 heteroatoms. The van der Waals surface area contributed by atoms with Gasteiger partial charge in [-0.3, -0.25) is 9.69 Å². The van der Waals surface area contributed by atoms with Gasteiger partial charge in [-0.05, 0) is 62.1 Å². The zero-order valence-corrected chi connectivity index (χ0v) is 20.4. The molecule has 1 amide bonds. The van der Waals surface area contributed by atoms with Crippen LogP contribution in [0.2, 0.25) is 0 Å². The summed E-state index contributed by atoms with van der Waals surface area (Å²) < 4.78 is 0. The summed E-state index contributed by atoms with van der Waals surface area (Å²) >= 11 is 0. The van der Waals surface area contributed by atoms with E-state index in [4.69, 9.17) is 0 Å². The van der Waals surface area contributed by atoms with Crippen molar-refractivity contribution >= 4 is 11.6 Å². The SMILES string of the molecule is CCN(CC)C(=O)c1ccc(C(c2cccc(NC3CCCCC3)c2)N2CCNCC2)cc1. The van der Waals surface area contributed by atoms with Crippen LogP contribution in [0, 0.1) is 0 Å². The molecule has 0 radical (unpaired) electrons. The molecule has 0 spiro atoms. The van der Waals surface area contributed by atoms with Gasteiger partial charge in [-0.15, -0.1) is 0 Å². The smallest absolute Gasteiger partial charge is 0.253 e. The second-order valence-corrected chi connectivity index (χ2v) is 9.39. The fraction of sp³-hybridized carbons (Fsp3) is 0.536. The Labute approximate surface area is 199 Å². The van der Waals surface area contributed by atoms with Crippen molar-refractivity contribution in [3.8, 4) is 0 Å². The van der Waals surface area contributed by atoms with Crippen molar-refractivity contribution in [2.45, 2.75) is 58.0 Å². The number of hydrogen-bond acceptors (Lipinski definition) is 4. The van der Waals surface area contributed by atoms with E-state index in [-0.39, 0.29) is 11.9 Å². The largest absolute Gasteiger partial charge is 0.382 e. The molecule has 1 atom stereocenters. The lowest BCUT2D eigenvalue weighted by Crippen LogP contribution is -2.45. The van der Waals surface area contributed by atoms with E-state index in [2.05, 4.69) is 51.9 Å². The number of amides is 1. The molecule has 1 saturated heterocycles. The third-order valence-electron chi connectivity index (χ3n) is 7.22. The molecule has 33 heavy (non-hydrogen) atoms. The maximum atomic E-state index is 12.8. The van der Waals surface area contributed by atoms with Crippen LogP contribution in [0.1, 0.15) is 73.5 Å². The summed E-state index contributed by atoms with van der Waals surface area (Å²) in [5.41, 5.74) is 4.57. The molecule has 2 N–H and O–H groups in total. The molecule has 2 aromatic carbocycles. The van der Waals surface area contributed by atoms with Gasteiger partial charge in [0.25, 0.3) is 5.91 Å². The molecular formula is C28H40N4O. The summed E-state index contributed by atoms with van der Waals surface area (Å²) in [6, 6.07) is 18.1. The molecule has 178 valence electrons. The maximum Gasteiger partial charge on any atom is 0.253 e. The first-order chi connectivity index (χ1) is 16.2. The Balaban J connectivity index is 1.59. The number of nitrogens with one attached hydrogen (secondary N) is 2. The van der Waals surface area contributed by atoms with Gasteiger partial charge in [-0.25, -0.2) is 0 Å². The molecule has 2 aromatic rings. The second kappa shape index (κ2) is 11.7. The standard InChI is InChI=1S/C28H40N4O/c1-3-31(4-2)28(33)23-15-13-22(14-16-23)27(32-19-17-29-18-20-32)24-9-8-12-26(21-24)30-25-10-6-5-7-11-25/h8-9,12-16,21,25,27,29-30H,3-7,10-11,17-20H2,1-2H3. The molecule has 1 saturated carbocycles. The minimum atomic E-state index is 0.115. The van der Waals surface area contributed by atoms with Crippen molar-refractivity contribution < 1.29 is 4.79 Å². The lowest BCUT2D eigenvalue weighted by atomic mass is 9.93. The van der Waals surface area contributed by atoms with Gasteiger partial charge < -0.3 is 15.5 Å². The number of piperazine rings is 1. The lowest BCUT2D eigenvalue weighted by molar-refractivity contribution is 0.0773. The highest BCUT2D eigenvalue weighted by Gasteiger charge is 2.25. The van der Waals surface area contributed by atoms with E-state index in [0.29, 0.717) is 6.04 Å². The third kappa shape index (κ3) is 5.96. The summed E-state index contributed by atoms with van der Waals surface area (Å²) in [5.74, 6) is 0.115. The summed E-state index contributed by atoms with van der Waals surface area (Å²) in [6.45, 7) is 9.60. The van der Waals surface area contributed by atoms with Crippen LogP contribution in [0.25, 0.3) is 0 Å². The van der Waals surface area contributed by atoms with Gasteiger partial charge in [0.1, 0.15) is 0 Å². The van der Waals surface area contributed by atoms with E-state index in [9.17, 15) is 4.79 Å². The van der Waals surface area contributed by atoms with E-state index in [1.807, 2.05) is 30.9 Å². The van der Waals surface area contributed by atoms with Crippen LogP contribution >= 0.6 is 0 Å². The van der Waals surface area contributed by atoms with Gasteiger partial charge in [0.15, 0.2) is 0 Å². The Morgan fingerprint density at radius 2 is 1.70 bits per heavy atom. The number of benzene rings is 2. The van der Waals surface area contributed by atoms with Crippen molar-refractivity contribution in [2.24, 2.45) is 0 Å². The van der Waals surface area contributed by atoms with Crippen LogP contribution in [0.4, 0.5) is 5.69 Å². The number of nitrogens with zero attached hydrogens (tertiary/aromatic N) is 2. The van der Waals surface area contributed by atoms with Gasteiger partial charge in [-0.2, -0.15) is 0 Å². The molecule has 4 rings (SSSR count). The summed E-state index contributed by atoms with van der Waals surface area (Å²) in [5, 5.41) is 7.28. The second-order valence-electron chi connectivity index (χ2n) is 9.39. The first kappa shape index (κ1) is 23.8. The zero-order chi connectivity index (χ0) is 23.0. The van der Waals surface area contributed by atoms with E-state index >= 15 is 0 Å². The van der Waals surface area contributed by atoms with Crippen LogP contribution in [0.15, 0.2) is 48.5 Å². The number of rotatable bonds is 8. The molecule has 1 unspecified atom stereocenters. The maximum absolute atomic E-state index is 12.8.